The normalized spacial score (nSPS) is 24.9. The van der Waals surface area contributed by atoms with Crippen molar-refractivity contribution in [3.05, 3.63) is 0 Å². The summed E-state index contributed by atoms with van der Waals surface area (Å²) in [5, 5.41) is 0. The van der Waals surface area contributed by atoms with E-state index in [1.54, 1.807) is 13.8 Å². The van der Waals surface area contributed by atoms with Crippen LogP contribution in [0.1, 0.15) is 46.0 Å². The molecule has 0 aliphatic heterocycles. The zero-order chi connectivity index (χ0) is 11.3. The van der Waals surface area contributed by atoms with E-state index in [2.05, 4.69) is 0 Å². The molecular weight excluding hydrogens is 196 g/mol. The first kappa shape index (κ1) is 12.0. The lowest BCUT2D eigenvalue weighted by Gasteiger charge is -2.12. The monoisotopic (exact) mass is 214 g/mol. The van der Waals surface area contributed by atoms with E-state index in [-0.39, 0.29) is 24.1 Å². The van der Waals surface area contributed by atoms with Crippen LogP contribution in [-0.4, -0.2) is 24.1 Å². The van der Waals surface area contributed by atoms with Gasteiger partial charge in [0.2, 0.25) is 0 Å². The summed E-state index contributed by atoms with van der Waals surface area (Å²) in [6.45, 7) is 3.54. The Hall–Kier alpha value is -1.06. The molecule has 0 aromatic heterocycles. The fraction of sp³-hybridized carbons (Fsp3) is 0.818. The standard InChI is InChI=1S/C11H18O4/c1-3-10(12)14-8-5-6-9(7-8)15-11(13)4-2/h8-9H,3-7H2,1-2H3. The third kappa shape index (κ3) is 3.90. The zero-order valence-electron chi connectivity index (χ0n) is 9.32. The molecule has 0 heterocycles. The van der Waals surface area contributed by atoms with Crippen molar-refractivity contribution in [3.63, 3.8) is 0 Å². The Labute approximate surface area is 89.9 Å². The number of ether oxygens (including phenoxy) is 2. The third-order valence-corrected chi connectivity index (χ3v) is 2.51. The maximum atomic E-state index is 11.0. The van der Waals surface area contributed by atoms with Crippen molar-refractivity contribution in [3.8, 4) is 0 Å². The van der Waals surface area contributed by atoms with E-state index < -0.39 is 0 Å². The molecule has 15 heavy (non-hydrogen) atoms. The fourth-order valence-corrected chi connectivity index (χ4v) is 1.65. The molecule has 0 aromatic rings. The maximum Gasteiger partial charge on any atom is 0.305 e. The van der Waals surface area contributed by atoms with Crippen LogP contribution in [0.5, 0.6) is 0 Å². The molecule has 2 unspecified atom stereocenters. The van der Waals surface area contributed by atoms with Gasteiger partial charge in [0.1, 0.15) is 12.2 Å². The van der Waals surface area contributed by atoms with Crippen molar-refractivity contribution < 1.29 is 19.1 Å². The number of hydrogen-bond donors (Lipinski definition) is 0. The fourth-order valence-electron chi connectivity index (χ4n) is 1.65. The van der Waals surface area contributed by atoms with Gasteiger partial charge in [-0.15, -0.1) is 0 Å². The van der Waals surface area contributed by atoms with Gasteiger partial charge < -0.3 is 9.47 Å². The Kier molecular flexibility index (Phi) is 4.59. The molecule has 0 amide bonds. The summed E-state index contributed by atoms with van der Waals surface area (Å²) in [4.78, 5) is 22.0. The van der Waals surface area contributed by atoms with Crippen LogP contribution < -0.4 is 0 Å². The second-order valence-corrected chi connectivity index (χ2v) is 3.74. The molecule has 0 bridgehead atoms. The highest BCUT2D eigenvalue weighted by atomic mass is 16.6. The van der Waals surface area contributed by atoms with E-state index in [0.717, 1.165) is 12.8 Å². The van der Waals surface area contributed by atoms with Crippen LogP contribution in [0.25, 0.3) is 0 Å². The predicted octanol–water partition coefficient (Wildman–Crippen LogP) is 1.81. The number of carbonyl (C=O) groups is 2. The molecule has 1 aliphatic carbocycles. The summed E-state index contributed by atoms with van der Waals surface area (Å²) >= 11 is 0. The Morgan fingerprint density at radius 1 is 1.00 bits per heavy atom. The van der Waals surface area contributed by atoms with Crippen LogP contribution in [0, 0.1) is 0 Å². The molecule has 0 spiro atoms. The summed E-state index contributed by atoms with van der Waals surface area (Å²) < 4.78 is 10.4. The molecule has 4 heteroatoms. The lowest BCUT2D eigenvalue weighted by molar-refractivity contribution is -0.150. The Balaban J connectivity index is 2.26. The van der Waals surface area contributed by atoms with Gasteiger partial charge in [-0.3, -0.25) is 9.59 Å². The van der Waals surface area contributed by atoms with Gasteiger partial charge in [0.05, 0.1) is 0 Å². The SMILES string of the molecule is CCC(=O)OC1CCC(OC(=O)CC)C1. The van der Waals surface area contributed by atoms with Crippen molar-refractivity contribution in [2.75, 3.05) is 0 Å². The lowest BCUT2D eigenvalue weighted by atomic mass is 10.3. The number of esters is 2. The quantitative estimate of drug-likeness (QED) is 0.670. The molecule has 4 nitrogen and oxygen atoms in total. The second-order valence-electron chi connectivity index (χ2n) is 3.74. The molecule has 0 saturated heterocycles. The number of rotatable bonds is 4. The average Bonchev–Trinajstić information content (AvgIpc) is 2.65. The van der Waals surface area contributed by atoms with Gasteiger partial charge in [-0.05, 0) is 12.8 Å². The Morgan fingerprint density at radius 3 is 1.73 bits per heavy atom. The minimum absolute atomic E-state index is 0.0629. The summed E-state index contributed by atoms with van der Waals surface area (Å²) in [5.74, 6) is -0.357. The van der Waals surface area contributed by atoms with E-state index in [9.17, 15) is 9.59 Å². The van der Waals surface area contributed by atoms with Crippen molar-refractivity contribution in [2.45, 2.75) is 58.2 Å². The van der Waals surface area contributed by atoms with E-state index >= 15 is 0 Å². The van der Waals surface area contributed by atoms with E-state index in [1.165, 1.54) is 0 Å². The van der Waals surface area contributed by atoms with Crippen LogP contribution in [0.2, 0.25) is 0 Å². The molecule has 1 saturated carbocycles. The lowest BCUT2D eigenvalue weighted by Crippen LogP contribution is -2.18. The number of carbonyl (C=O) groups excluding carboxylic acids is 2. The van der Waals surface area contributed by atoms with Crippen molar-refractivity contribution >= 4 is 11.9 Å². The molecular formula is C11H18O4. The first-order valence-corrected chi connectivity index (χ1v) is 5.54. The summed E-state index contributed by atoms with van der Waals surface area (Å²) in [5.41, 5.74) is 0. The van der Waals surface area contributed by atoms with Gasteiger partial charge in [-0.1, -0.05) is 13.8 Å². The van der Waals surface area contributed by atoms with E-state index in [4.69, 9.17) is 9.47 Å². The van der Waals surface area contributed by atoms with Gasteiger partial charge in [-0.25, -0.2) is 0 Å². The molecule has 0 aromatic carbocycles. The molecule has 1 rings (SSSR count). The van der Waals surface area contributed by atoms with Crippen molar-refractivity contribution in [1.29, 1.82) is 0 Å². The first-order valence-electron chi connectivity index (χ1n) is 5.54. The van der Waals surface area contributed by atoms with Gasteiger partial charge in [0, 0.05) is 19.3 Å². The summed E-state index contributed by atoms with van der Waals surface area (Å²) in [7, 11) is 0. The smallest absolute Gasteiger partial charge is 0.305 e. The van der Waals surface area contributed by atoms with Crippen LogP contribution in [0.3, 0.4) is 0 Å². The maximum absolute atomic E-state index is 11.0. The van der Waals surface area contributed by atoms with E-state index in [1.807, 2.05) is 0 Å². The van der Waals surface area contributed by atoms with Gasteiger partial charge >= 0.3 is 11.9 Å². The number of hydrogen-bond acceptors (Lipinski definition) is 4. The van der Waals surface area contributed by atoms with Crippen LogP contribution in [-0.2, 0) is 19.1 Å². The highest BCUT2D eigenvalue weighted by molar-refractivity contribution is 5.69. The predicted molar refractivity (Wildman–Crippen MR) is 54.2 cm³/mol. The summed E-state index contributed by atoms with van der Waals surface area (Å²) in [6.07, 6.45) is 2.92. The molecule has 1 fully saturated rings. The third-order valence-electron chi connectivity index (χ3n) is 2.51. The first-order chi connectivity index (χ1) is 7.15. The molecule has 2 atom stereocenters. The second kappa shape index (κ2) is 5.73. The van der Waals surface area contributed by atoms with E-state index in [0.29, 0.717) is 19.3 Å². The van der Waals surface area contributed by atoms with Gasteiger partial charge in [0.15, 0.2) is 0 Å². The average molecular weight is 214 g/mol. The minimum atomic E-state index is -0.178. The van der Waals surface area contributed by atoms with Crippen LogP contribution in [0.15, 0.2) is 0 Å². The van der Waals surface area contributed by atoms with Gasteiger partial charge in [0.25, 0.3) is 0 Å². The largest absolute Gasteiger partial charge is 0.462 e. The Bertz CT molecular complexity index is 213. The minimum Gasteiger partial charge on any atom is -0.462 e. The summed E-state index contributed by atoms with van der Waals surface area (Å²) in [6, 6.07) is 0. The molecule has 86 valence electrons. The highest BCUT2D eigenvalue weighted by Gasteiger charge is 2.29. The van der Waals surface area contributed by atoms with Crippen molar-refractivity contribution in [2.24, 2.45) is 0 Å². The molecule has 0 radical (unpaired) electrons. The zero-order valence-corrected chi connectivity index (χ0v) is 9.32. The Morgan fingerprint density at radius 2 is 1.40 bits per heavy atom. The molecule has 1 aliphatic rings. The van der Waals surface area contributed by atoms with Crippen LogP contribution >= 0.6 is 0 Å². The van der Waals surface area contributed by atoms with Crippen LogP contribution in [0.4, 0.5) is 0 Å². The van der Waals surface area contributed by atoms with Gasteiger partial charge in [-0.2, -0.15) is 0 Å². The topological polar surface area (TPSA) is 52.6 Å². The highest BCUT2D eigenvalue weighted by Crippen LogP contribution is 2.25. The molecule has 0 N–H and O–H groups in total. The van der Waals surface area contributed by atoms with Crippen molar-refractivity contribution in [1.82, 2.24) is 0 Å².